The van der Waals surface area contributed by atoms with E-state index in [0.717, 1.165) is 9.87 Å². The molecule has 0 unspecified atom stereocenters. The van der Waals surface area contributed by atoms with Crippen molar-refractivity contribution in [3.05, 3.63) is 83.4 Å². The Hall–Kier alpha value is -3.56. The number of rotatable bonds is 9. The predicted molar refractivity (Wildman–Crippen MR) is 132 cm³/mol. The van der Waals surface area contributed by atoms with Crippen LogP contribution in [0.2, 0.25) is 5.02 Å². The van der Waals surface area contributed by atoms with Crippen molar-refractivity contribution in [1.29, 1.82) is 0 Å². The van der Waals surface area contributed by atoms with Crippen LogP contribution < -0.4 is 19.2 Å². The summed E-state index contributed by atoms with van der Waals surface area (Å²) in [5.74, 6) is 0.0727. The van der Waals surface area contributed by atoms with Crippen molar-refractivity contribution in [3.63, 3.8) is 0 Å². The zero-order valence-electron chi connectivity index (χ0n) is 18.9. The molecule has 8 nitrogen and oxygen atoms in total. The molecular weight excluding hydrogens is 478 g/mol. The smallest absolute Gasteiger partial charge is 0.264 e. The lowest BCUT2D eigenvalue weighted by molar-refractivity contribution is -0.119. The summed E-state index contributed by atoms with van der Waals surface area (Å²) >= 11 is 5.91. The molecule has 3 rings (SSSR count). The molecule has 1 amide bonds. The molecule has 0 aliphatic carbocycles. The SMILES string of the molecule is COc1ccc(N(CC(=O)N/N=C(/C)c2ccc(Cl)cc2)S(=O)(=O)c2ccccc2)c(OC)c1. The zero-order chi connectivity index (χ0) is 24.7. The van der Waals surface area contributed by atoms with Crippen molar-refractivity contribution in [1.82, 2.24) is 5.43 Å². The molecule has 0 atom stereocenters. The molecule has 178 valence electrons. The molecule has 0 aliphatic heterocycles. The summed E-state index contributed by atoms with van der Waals surface area (Å²) in [5, 5.41) is 4.68. The Morgan fingerprint density at radius 1 is 1.00 bits per heavy atom. The minimum Gasteiger partial charge on any atom is -0.497 e. The molecule has 0 saturated heterocycles. The number of methoxy groups -OCH3 is 2. The highest BCUT2D eigenvalue weighted by Crippen LogP contribution is 2.35. The average Bonchev–Trinajstić information content (AvgIpc) is 2.86. The minimum atomic E-state index is -4.11. The molecule has 0 bridgehead atoms. The van der Waals surface area contributed by atoms with Gasteiger partial charge in [0, 0.05) is 11.1 Å². The van der Waals surface area contributed by atoms with Crippen LogP contribution in [-0.4, -0.2) is 40.8 Å². The molecule has 0 aromatic heterocycles. The van der Waals surface area contributed by atoms with E-state index in [9.17, 15) is 13.2 Å². The number of hydrazone groups is 1. The Labute approximate surface area is 203 Å². The van der Waals surface area contributed by atoms with E-state index in [4.69, 9.17) is 21.1 Å². The first kappa shape index (κ1) is 25.1. The Morgan fingerprint density at radius 2 is 1.68 bits per heavy atom. The molecule has 1 N–H and O–H groups in total. The molecular formula is C24H24ClN3O5S. The molecule has 0 heterocycles. The lowest BCUT2D eigenvalue weighted by Crippen LogP contribution is -2.40. The van der Waals surface area contributed by atoms with E-state index in [0.29, 0.717) is 16.5 Å². The van der Waals surface area contributed by atoms with Gasteiger partial charge in [0.25, 0.3) is 15.9 Å². The molecule has 3 aromatic carbocycles. The summed E-state index contributed by atoms with van der Waals surface area (Å²) in [6.07, 6.45) is 0. The number of hydrogen-bond donors (Lipinski definition) is 1. The monoisotopic (exact) mass is 501 g/mol. The van der Waals surface area contributed by atoms with Gasteiger partial charge >= 0.3 is 0 Å². The standard InChI is InChI=1S/C24H24ClN3O5S/c1-17(18-9-11-19(25)12-10-18)26-27-24(29)16-28(34(30,31)21-7-5-4-6-8-21)22-14-13-20(32-2)15-23(22)33-3/h4-15H,16H2,1-3H3,(H,27,29)/b26-17-. The van der Waals surface area contributed by atoms with E-state index in [1.807, 2.05) is 0 Å². The van der Waals surface area contributed by atoms with Crippen LogP contribution in [0.1, 0.15) is 12.5 Å². The van der Waals surface area contributed by atoms with Crippen LogP contribution in [0, 0.1) is 0 Å². The van der Waals surface area contributed by atoms with Crippen molar-refractivity contribution in [2.45, 2.75) is 11.8 Å². The third-order valence-corrected chi connectivity index (χ3v) is 6.91. The Bertz CT molecular complexity index is 1280. The van der Waals surface area contributed by atoms with Gasteiger partial charge in [0.1, 0.15) is 18.0 Å². The van der Waals surface area contributed by atoms with Gasteiger partial charge in [-0.25, -0.2) is 13.8 Å². The number of nitrogens with zero attached hydrogens (tertiary/aromatic N) is 2. The fraction of sp³-hybridized carbons (Fsp3) is 0.167. The van der Waals surface area contributed by atoms with Gasteiger partial charge in [0.2, 0.25) is 0 Å². The maximum Gasteiger partial charge on any atom is 0.264 e. The number of amides is 1. The second-order valence-corrected chi connectivity index (χ2v) is 9.40. The summed E-state index contributed by atoms with van der Waals surface area (Å²) in [6, 6.07) is 19.4. The zero-order valence-corrected chi connectivity index (χ0v) is 20.4. The third-order valence-electron chi connectivity index (χ3n) is 4.88. The first-order chi connectivity index (χ1) is 16.3. The summed E-state index contributed by atoms with van der Waals surface area (Å²) in [7, 11) is -1.21. The van der Waals surface area contributed by atoms with Gasteiger partial charge in [-0.1, -0.05) is 41.9 Å². The third kappa shape index (κ3) is 5.86. The van der Waals surface area contributed by atoms with Crippen LogP contribution in [0.3, 0.4) is 0 Å². The van der Waals surface area contributed by atoms with Gasteiger partial charge in [-0.05, 0) is 48.9 Å². The van der Waals surface area contributed by atoms with Crippen LogP contribution in [0.4, 0.5) is 5.69 Å². The molecule has 0 spiro atoms. The van der Waals surface area contributed by atoms with Crippen LogP contribution in [0.5, 0.6) is 11.5 Å². The summed E-state index contributed by atoms with van der Waals surface area (Å²) in [4.78, 5) is 12.8. The second kappa shape index (κ2) is 11.0. The molecule has 3 aromatic rings. The highest BCUT2D eigenvalue weighted by molar-refractivity contribution is 7.92. The van der Waals surface area contributed by atoms with Crippen molar-refractivity contribution in [2.75, 3.05) is 25.1 Å². The van der Waals surface area contributed by atoms with Gasteiger partial charge in [-0.3, -0.25) is 9.10 Å². The van der Waals surface area contributed by atoms with Crippen LogP contribution in [0.25, 0.3) is 0 Å². The maximum atomic E-state index is 13.5. The molecule has 0 saturated carbocycles. The Balaban J connectivity index is 1.94. The topological polar surface area (TPSA) is 97.3 Å². The maximum absolute atomic E-state index is 13.5. The number of sulfonamides is 1. The van der Waals surface area contributed by atoms with Crippen molar-refractivity contribution in [3.8, 4) is 11.5 Å². The lowest BCUT2D eigenvalue weighted by Gasteiger charge is -2.25. The highest BCUT2D eigenvalue weighted by Gasteiger charge is 2.29. The van der Waals surface area contributed by atoms with Crippen molar-refractivity contribution in [2.24, 2.45) is 5.10 Å². The quantitative estimate of drug-likeness (QED) is 0.352. The number of anilines is 1. The molecule has 34 heavy (non-hydrogen) atoms. The largest absolute Gasteiger partial charge is 0.497 e. The molecule has 0 fully saturated rings. The van der Waals surface area contributed by atoms with E-state index in [1.54, 1.807) is 61.5 Å². The van der Waals surface area contributed by atoms with Crippen LogP contribution >= 0.6 is 11.6 Å². The number of carbonyl (C=O) groups excluding carboxylic acids is 1. The van der Waals surface area contributed by atoms with Gasteiger partial charge in [0.15, 0.2) is 0 Å². The van der Waals surface area contributed by atoms with E-state index >= 15 is 0 Å². The van der Waals surface area contributed by atoms with Gasteiger partial charge in [0.05, 0.1) is 30.5 Å². The Morgan fingerprint density at radius 3 is 2.29 bits per heavy atom. The number of hydrogen-bond acceptors (Lipinski definition) is 6. The van der Waals surface area contributed by atoms with Crippen molar-refractivity contribution >= 4 is 38.9 Å². The number of halogens is 1. The van der Waals surface area contributed by atoms with E-state index in [1.165, 1.54) is 32.4 Å². The average molecular weight is 502 g/mol. The lowest BCUT2D eigenvalue weighted by atomic mass is 10.1. The van der Waals surface area contributed by atoms with E-state index < -0.39 is 22.5 Å². The van der Waals surface area contributed by atoms with Gasteiger partial charge in [-0.15, -0.1) is 0 Å². The highest BCUT2D eigenvalue weighted by atomic mass is 35.5. The van der Waals surface area contributed by atoms with Crippen LogP contribution in [0.15, 0.2) is 82.8 Å². The first-order valence-corrected chi connectivity index (χ1v) is 12.0. The fourth-order valence-electron chi connectivity index (χ4n) is 3.08. The second-order valence-electron chi connectivity index (χ2n) is 7.10. The predicted octanol–water partition coefficient (Wildman–Crippen LogP) is 4.09. The van der Waals surface area contributed by atoms with Gasteiger partial charge < -0.3 is 9.47 Å². The molecule has 10 heteroatoms. The first-order valence-electron chi connectivity index (χ1n) is 10.1. The fourth-order valence-corrected chi connectivity index (χ4v) is 4.66. The van der Waals surface area contributed by atoms with Crippen LogP contribution in [-0.2, 0) is 14.8 Å². The normalized spacial score (nSPS) is 11.6. The molecule has 0 radical (unpaired) electrons. The van der Waals surface area contributed by atoms with Gasteiger partial charge in [-0.2, -0.15) is 5.10 Å². The Kier molecular flexibility index (Phi) is 8.14. The van der Waals surface area contributed by atoms with E-state index in [2.05, 4.69) is 10.5 Å². The van der Waals surface area contributed by atoms with E-state index in [-0.39, 0.29) is 16.3 Å². The summed E-state index contributed by atoms with van der Waals surface area (Å²) in [6.45, 7) is 1.19. The number of ether oxygens (including phenoxy) is 2. The molecule has 0 aliphatic rings. The number of nitrogens with one attached hydrogen (secondary N) is 1. The number of benzene rings is 3. The summed E-state index contributed by atoms with van der Waals surface area (Å²) < 4.78 is 38.6. The minimum absolute atomic E-state index is 0.0292. The summed E-state index contributed by atoms with van der Waals surface area (Å²) in [5.41, 5.74) is 3.90. The number of carbonyl (C=O) groups is 1. The van der Waals surface area contributed by atoms with Crippen molar-refractivity contribution < 1.29 is 22.7 Å².